The lowest BCUT2D eigenvalue weighted by atomic mass is 9.87. The number of hydrogen-bond donors (Lipinski definition) is 1. The highest BCUT2D eigenvalue weighted by atomic mass is 16.5. The molecule has 116 valence electrons. The maximum absolute atomic E-state index is 5.39. The molecule has 1 atom stereocenters. The van der Waals surface area contributed by atoms with Gasteiger partial charge in [-0.05, 0) is 42.5 Å². The van der Waals surface area contributed by atoms with Crippen molar-refractivity contribution in [3.63, 3.8) is 0 Å². The molecule has 1 aliphatic carbocycles. The molecular weight excluding hydrogens is 264 g/mol. The summed E-state index contributed by atoms with van der Waals surface area (Å²) in [6.07, 6.45) is 3.67. The van der Waals surface area contributed by atoms with Crippen LogP contribution in [0.5, 0.6) is 5.75 Å². The predicted octanol–water partition coefficient (Wildman–Crippen LogP) is 1.99. The maximum atomic E-state index is 5.39. The van der Waals surface area contributed by atoms with Gasteiger partial charge in [-0.1, -0.05) is 6.07 Å². The molecule has 1 heterocycles. The Balaban J connectivity index is 1.55. The first-order chi connectivity index (χ1) is 10.4. The van der Waals surface area contributed by atoms with Crippen LogP contribution in [0.15, 0.2) is 18.2 Å². The highest BCUT2D eigenvalue weighted by Crippen LogP contribution is 2.31. The first-order valence-corrected chi connectivity index (χ1v) is 8.07. The number of rotatable bonds is 5. The van der Waals surface area contributed by atoms with Gasteiger partial charge in [-0.15, -0.1) is 0 Å². The van der Waals surface area contributed by atoms with E-state index >= 15 is 0 Å². The van der Waals surface area contributed by atoms with Crippen LogP contribution in [0.3, 0.4) is 0 Å². The van der Waals surface area contributed by atoms with Crippen LogP contribution in [0.2, 0.25) is 0 Å². The van der Waals surface area contributed by atoms with Gasteiger partial charge in [0.25, 0.3) is 0 Å². The lowest BCUT2D eigenvalue weighted by Gasteiger charge is -2.30. The summed E-state index contributed by atoms with van der Waals surface area (Å²) in [5, 5.41) is 3.74. The number of ether oxygens (including phenoxy) is 2. The molecular formula is C17H26N2O2. The van der Waals surface area contributed by atoms with Crippen molar-refractivity contribution in [2.75, 3.05) is 46.5 Å². The van der Waals surface area contributed by atoms with E-state index in [1.807, 2.05) is 0 Å². The van der Waals surface area contributed by atoms with Crippen LogP contribution < -0.4 is 10.1 Å². The lowest BCUT2D eigenvalue weighted by Crippen LogP contribution is -2.41. The van der Waals surface area contributed by atoms with Gasteiger partial charge in [-0.25, -0.2) is 0 Å². The van der Waals surface area contributed by atoms with E-state index in [0.717, 1.165) is 45.1 Å². The van der Waals surface area contributed by atoms with Crippen LogP contribution in [0.4, 0.5) is 0 Å². The molecule has 1 saturated heterocycles. The van der Waals surface area contributed by atoms with Crippen molar-refractivity contribution < 1.29 is 9.47 Å². The molecule has 21 heavy (non-hydrogen) atoms. The number of methoxy groups -OCH3 is 1. The highest BCUT2D eigenvalue weighted by molar-refractivity contribution is 5.39. The van der Waals surface area contributed by atoms with E-state index in [0.29, 0.717) is 6.04 Å². The standard InChI is InChI=1S/C17H26N2O2/c1-20-15-5-6-16-14(13-15)3-2-4-17(16)18-7-8-19-9-11-21-12-10-19/h5-6,13,17-18H,2-4,7-12H2,1H3. The average molecular weight is 290 g/mol. The first-order valence-electron chi connectivity index (χ1n) is 8.07. The van der Waals surface area contributed by atoms with Gasteiger partial charge in [0, 0.05) is 32.2 Å². The van der Waals surface area contributed by atoms with E-state index in [2.05, 4.69) is 28.4 Å². The molecule has 0 amide bonds. The number of fused-ring (bicyclic) bond motifs is 1. The van der Waals surface area contributed by atoms with Gasteiger partial charge in [-0.3, -0.25) is 4.90 Å². The Morgan fingerprint density at radius 2 is 2.19 bits per heavy atom. The largest absolute Gasteiger partial charge is 0.497 e. The highest BCUT2D eigenvalue weighted by Gasteiger charge is 2.20. The van der Waals surface area contributed by atoms with E-state index in [4.69, 9.17) is 9.47 Å². The summed E-state index contributed by atoms with van der Waals surface area (Å²) in [6.45, 7) is 6.07. The molecule has 4 heteroatoms. The van der Waals surface area contributed by atoms with Crippen LogP contribution in [0, 0.1) is 0 Å². The number of morpholine rings is 1. The molecule has 1 fully saturated rings. The third-order valence-electron chi connectivity index (χ3n) is 4.59. The molecule has 3 rings (SSSR count). The molecule has 4 nitrogen and oxygen atoms in total. The molecule has 1 unspecified atom stereocenters. The zero-order valence-corrected chi connectivity index (χ0v) is 12.9. The zero-order valence-electron chi connectivity index (χ0n) is 12.9. The molecule has 0 spiro atoms. The number of hydrogen-bond acceptors (Lipinski definition) is 4. The zero-order chi connectivity index (χ0) is 14.5. The van der Waals surface area contributed by atoms with Crippen molar-refractivity contribution in [2.24, 2.45) is 0 Å². The van der Waals surface area contributed by atoms with Gasteiger partial charge in [0.1, 0.15) is 5.75 Å². The molecule has 0 aromatic heterocycles. The van der Waals surface area contributed by atoms with Crippen molar-refractivity contribution in [1.29, 1.82) is 0 Å². The summed E-state index contributed by atoms with van der Waals surface area (Å²) < 4.78 is 10.7. The summed E-state index contributed by atoms with van der Waals surface area (Å²) in [5.41, 5.74) is 2.91. The van der Waals surface area contributed by atoms with E-state index in [1.165, 1.54) is 30.4 Å². The molecule has 1 aromatic carbocycles. The molecule has 1 aromatic rings. The third-order valence-corrected chi connectivity index (χ3v) is 4.59. The van der Waals surface area contributed by atoms with E-state index in [1.54, 1.807) is 7.11 Å². The topological polar surface area (TPSA) is 33.7 Å². The minimum Gasteiger partial charge on any atom is -0.497 e. The Hall–Kier alpha value is -1.10. The number of aryl methyl sites for hydroxylation is 1. The molecule has 0 bridgehead atoms. The Kier molecular flexibility index (Phi) is 5.12. The van der Waals surface area contributed by atoms with Crippen molar-refractivity contribution in [3.8, 4) is 5.75 Å². The lowest BCUT2D eigenvalue weighted by molar-refractivity contribution is 0.0380. The van der Waals surface area contributed by atoms with Gasteiger partial charge in [0.15, 0.2) is 0 Å². The van der Waals surface area contributed by atoms with Crippen LogP contribution in [0.25, 0.3) is 0 Å². The first kappa shape index (κ1) is 14.8. The van der Waals surface area contributed by atoms with E-state index < -0.39 is 0 Å². The summed E-state index contributed by atoms with van der Waals surface area (Å²) in [5.74, 6) is 0.975. The van der Waals surface area contributed by atoms with Crippen LogP contribution in [-0.2, 0) is 11.2 Å². The van der Waals surface area contributed by atoms with E-state index in [9.17, 15) is 0 Å². The fourth-order valence-electron chi connectivity index (χ4n) is 3.35. The summed E-state index contributed by atoms with van der Waals surface area (Å²) in [6, 6.07) is 7.02. The monoisotopic (exact) mass is 290 g/mol. The normalized spacial score (nSPS) is 22.8. The minimum absolute atomic E-state index is 0.501. The fraction of sp³-hybridized carbons (Fsp3) is 0.647. The smallest absolute Gasteiger partial charge is 0.119 e. The van der Waals surface area contributed by atoms with Crippen molar-refractivity contribution in [1.82, 2.24) is 10.2 Å². The molecule has 0 saturated carbocycles. The van der Waals surface area contributed by atoms with Gasteiger partial charge in [0.05, 0.1) is 20.3 Å². The van der Waals surface area contributed by atoms with Crippen molar-refractivity contribution >= 4 is 0 Å². The van der Waals surface area contributed by atoms with Crippen LogP contribution >= 0.6 is 0 Å². The van der Waals surface area contributed by atoms with Gasteiger partial charge in [0.2, 0.25) is 0 Å². The van der Waals surface area contributed by atoms with Gasteiger partial charge >= 0.3 is 0 Å². The second-order valence-electron chi connectivity index (χ2n) is 5.92. The molecule has 1 aliphatic heterocycles. The summed E-state index contributed by atoms with van der Waals surface area (Å²) in [4.78, 5) is 2.48. The second kappa shape index (κ2) is 7.25. The van der Waals surface area contributed by atoms with Crippen LogP contribution in [-0.4, -0.2) is 51.4 Å². The quantitative estimate of drug-likeness (QED) is 0.899. The van der Waals surface area contributed by atoms with Crippen molar-refractivity contribution in [3.05, 3.63) is 29.3 Å². The molecule has 2 aliphatic rings. The predicted molar refractivity (Wildman–Crippen MR) is 83.9 cm³/mol. The molecule has 1 N–H and O–H groups in total. The molecule has 0 radical (unpaired) electrons. The summed E-state index contributed by atoms with van der Waals surface area (Å²) >= 11 is 0. The Labute approximate surface area is 127 Å². The van der Waals surface area contributed by atoms with Gasteiger partial charge in [-0.2, -0.15) is 0 Å². The Morgan fingerprint density at radius 3 is 3.00 bits per heavy atom. The Morgan fingerprint density at radius 1 is 1.33 bits per heavy atom. The fourth-order valence-corrected chi connectivity index (χ4v) is 3.35. The SMILES string of the molecule is COc1ccc2c(c1)CCCC2NCCN1CCOCC1. The summed E-state index contributed by atoms with van der Waals surface area (Å²) in [7, 11) is 1.74. The number of benzene rings is 1. The van der Waals surface area contributed by atoms with Crippen LogP contribution in [0.1, 0.15) is 30.0 Å². The third kappa shape index (κ3) is 3.76. The van der Waals surface area contributed by atoms with E-state index in [-0.39, 0.29) is 0 Å². The van der Waals surface area contributed by atoms with Gasteiger partial charge < -0.3 is 14.8 Å². The average Bonchev–Trinajstić information content (AvgIpc) is 2.55. The number of nitrogens with one attached hydrogen (secondary N) is 1. The second-order valence-corrected chi connectivity index (χ2v) is 5.92. The Bertz CT molecular complexity index is 458. The minimum atomic E-state index is 0.501. The maximum Gasteiger partial charge on any atom is 0.119 e. The van der Waals surface area contributed by atoms with Crippen molar-refractivity contribution in [2.45, 2.75) is 25.3 Å². The number of nitrogens with zero attached hydrogens (tertiary/aromatic N) is 1.